The van der Waals surface area contributed by atoms with Gasteiger partial charge < -0.3 is 15.8 Å². The molecule has 16 heavy (non-hydrogen) atoms. The molecule has 0 saturated carbocycles. The predicted molar refractivity (Wildman–Crippen MR) is 64.9 cm³/mol. The van der Waals surface area contributed by atoms with Crippen molar-refractivity contribution in [3.63, 3.8) is 0 Å². The summed E-state index contributed by atoms with van der Waals surface area (Å²) in [5.74, 6) is -0.356. The van der Waals surface area contributed by atoms with Gasteiger partial charge in [0.1, 0.15) is 6.21 Å². The van der Waals surface area contributed by atoms with Crippen LogP contribution in [-0.4, -0.2) is 37.0 Å². The molecule has 0 heterocycles. The lowest BCUT2D eigenvalue weighted by Crippen LogP contribution is -2.28. The van der Waals surface area contributed by atoms with Crippen LogP contribution in [0.15, 0.2) is 5.16 Å². The summed E-state index contributed by atoms with van der Waals surface area (Å²) in [4.78, 5) is 10.8. The minimum Gasteiger partial charge on any atom is -0.411 e. The Morgan fingerprint density at radius 2 is 1.94 bits per heavy atom. The molecule has 94 valence electrons. The number of hydrogen-bond acceptors (Lipinski definition) is 4. The van der Waals surface area contributed by atoms with Crippen LogP contribution in [0.3, 0.4) is 0 Å². The van der Waals surface area contributed by atoms with E-state index in [1.165, 1.54) is 25.7 Å². The second-order valence-corrected chi connectivity index (χ2v) is 3.70. The second kappa shape index (κ2) is 12.0. The van der Waals surface area contributed by atoms with E-state index >= 15 is 0 Å². The normalized spacial score (nSPS) is 10.8. The molecule has 0 bridgehead atoms. The van der Waals surface area contributed by atoms with Crippen molar-refractivity contribution in [1.82, 2.24) is 10.6 Å². The molecule has 0 atom stereocenters. The molecule has 0 spiro atoms. The van der Waals surface area contributed by atoms with E-state index in [4.69, 9.17) is 5.21 Å². The number of oxime groups is 1. The van der Waals surface area contributed by atoms with Crippen LogP contribution in [-0.2, 0) is 4.79 Å². The minimum absolute atomic E-state index is 0.356. The van der Waals surface area contributed by atoms with E-state index in [0.29, 0.717) is 6.54 Å². The lowest BCUT2D eigenvalue weighted by molar-refractivity contribution is -0.114. The van der Waals surface area contributed by atoms with Crippen molar-refractivity contribution in [2.24, 2.45) is 5.16 Å². The third kappa shape index (κ3) is 11.0. The Morgan fingerprint density at radius 3 is 2.62 bits per heavy atom. The third-order valence-corrected chi connectivity index (χ3v) is 2.21. The van der Waals surface area contributed by atoms with Crippen molar-refractivity contribution >= 4 is 12.1 Å². The zero-order valence-electron chi connectivity index (χ0n) is 10.0. The van der Waals surface area contributed by atoms with Gasteiger partial charge in [-0.2, -0.15) is 0 Å². The van der Waals surface area contributed by atoms with E-state index in [1.807, 2.05) is 0 Å². The molecule has 5 nitrogen and oxygen atoms in total. The SMILES string of the molecule is CCCCCCNCCCNC(=O)C=NO. The second-order valence-electron chi connectivity index (χ2n) is 3.70. The maximum absolute atomic E-state index is 10.8. The van der Waals surface area contributed by atoms with Gasteiger partial charge in [0.05, 0.1) is 0 Å². The average molecular weight is 229 g/mol. The number of unbranched alkanes of at least 4 members (excludes halogenated alkanes) is 3. The van der Waals surface area contributed by atoms with Gasteiger partial charge in [0.25, 0.3) is 5.91 Å². The van der Waals surface area contributed by atoms with Crippen LogP contribution in [0.2, 0.25) is 0 Å². The maximum atomic E-state index is 10.8. The van der Waals surface area contributed by atoms with Crippen molar-refractivity contribution in [3.8, 4) is 0 Å². The van der Waals surface area contributed by atoms with Gasteiger partial charge >= 0.3 is 0 Å². The molecule has 0 aromatic heterocycles. The van der Waals surface area contributed by atoms with Crippen molar-refractivity contribution in [3.05, 3.63) is 0 Å². The summed E-state index contributed by atoms with van der Waals surface area (Å²) in [6.45, 7) is 4.76. The molecule has 1 amide bonds. The van der Waals surface area contributed by atoms with Crippen molar-refractivity contribution in [2.45, 2.75) is 39.0 Å². The molecule has 0 aliphatic carbocycles. The van der Waals surface area contributed by atoms with E-state index in [-0.39, 0.29) is 5.91 Å². The first kappa shape index (κ1) is 14.9. The molecule has 0 fully saturated rings. The van der Waals surface area contributed by atoms with E-state index in [2.05, 4.69) is 22.7 Å². The van der Waals surface area contributed by atoms with Gasteiger partial charge in [-0.25, -0.2) is 0 Å². The molecule has 0 aromatic carbocycles. The smallest absolute Gasteiger partial charge is 0.265 e. The highest BCUT2D eigenvalue weighted by Gasteiger charge is 1.94. The van der Waals surface area contributed by atoms with Crippen LogP contribution in [0.1, 0.15) is 39.0 Å². The first-order valence-corrected chi connectivity index (χ1v) is 5.97. The number of rotatable bonds is 10. The monoisotopic (exact) mass is 229 g/mol. The maximum Gasteiger partial charge on any atom is 0.265 e. The molecule has 0 unspecified atom stereocenters. The van der Waals surface area contributed by atoms with Crippen LogP contribution < -0.4 is 10.6 Å². The Morgan fingerprint density at radius 1 is 1.19 bits per heavy atom. The first-order valence-electron chi connectivity index (χ1n) is 5.97. The predicted octanol–water partition coefficient (Wildman–Crippen LogP) is 1.12. The van der Waals surface area contributed by atoms with Crippen LogP contribution in [0.25, 0.3) is 0 Å². The van der Waals surface area contributed by atoms with Gasteiger partial charge in [-0.3, -0.25) is 4.79 Å². The summed E-state index contributed by atoms with van der Waals surface area (Å²) >= 11 is 0. The highest BCUT2D eigenvalue weighted by atomic mass is 16.4. The van der Waals surface area contributed by atoms with Gasteiger partial charge in [-0.15, -0.1) is 0 Å². The Balaban J connectivity index is 3.07. The quantitative estimate of drug-likeness (QED) is 0.227. The minimum atomic E-state index is -0.356. The van der Waals surface area contributed by atoms with E-state index in [0.717, 1.165) is 25.7 Å². The number of hydrogen-bond donors (Lipinski definition) is 3. The lowest BCUT2D eigenvalue weighted by Gasteiger charge is -2.04. The largest absolute Gasteiger partial charge is 0.411 e. The van der Waals surface area contributed by atoms with Crippen LogP contribution in [0.4, 0.5) is 0 Å². The number of nitrogens with one attached hydrogen (secondary N) is 2. The van der Waals surface area contributed by atoms with E-state index in [1.54, 1.807) is 0 Å². The fourth-order valence-electron chi connectivity index (χ4n) is 1.32. The number of amides is 1. The standard InChI is InChI=1S/C11H23N3O2/c1-2-3-4-5-7-12-8-6-9-13-11(15)10-14-16/h10,12,16H,2-9H2,1H3,(H,13,15). The number of carbonyl (C=O) groups excluding carboxylic acids is 1. The van der Waals surface area contributed by atoms with Gasteiger partial charge in [0.15, 0.2) is 0 Å². The fraction of sp³-hybridized carbons (Fsp3) is 0.818. The summed E-state index contributed by atoms with van der Waals surface area (Å²) in [6, 6.07) is 0. The Kier molecular flexibility index (Phi) is 11.1. The van der Waals surface area contributed by atoms with Gasteiger partial charge in [-0.1, -0.05) is 31.3 Å². The molecule has 5 heteroatoms. The molecule has 0 radical (unpaired) electrons. The van der Waals surface area contributed by atoms with Crippen LogP contribution in [0.5, 0.6) is 0 Å². The zero-order valence-corrected chi connectivity index (χ0v) is 10.0. The van der Waals surface area contributed by atoms with Crippen molar-refractivity contribution in [1.29, 1.82) is 0 Å². The third-order valence-electron chi connectivity index (χ3n) is 2.21. The number of carbonyl (C=O) groups is 1. The molecule has 0 aliphatic rings. The average Bonchev–Trinajstić information content (AvgIpc) is 2.27. The summed E-state index contributed by atoms with van der Waals surface area (Å²) in [7, 11) is 0. The fourth-order valence-corrected chi connectivity index (χ4v) is 1.32. The molecular formula is C11H23N3O2. The molecular weight excluding hydrogens is 206 g/mol. The summed E-state index contributed by atoms with van der Waals surface area (Å²) < 4.78 is 0. The molecule has 3 N–H and O–H groups in total. The van der Waals surface area contributed by atoms with Crippen molar-refractivity contribution in [2.75, 3.05) is 19.6 Å². The van der Waals surface area contributed by atoms with Crippen LogP contribution >= 0.6 is 0 Å². The number of nitrogens with zero attached hydrogens (tertiary/aromatic N) is 1. The van der Waals surface area contributed by atoms with E-state index in [9.17, 15) is 4.79 Å². The lowest BCUT2D eigenvalue weighted by atomic mass is 10.2. The molecule has 0 aliphatic heterocycles. The van der Waals surface area contributed by atoms with Crippen molar-refractivity contribution < 1.29 is 10.0 Å². The van der Waals surface area contributed by atoms with Gasteiger partial charge in [0, 0.05) is 6.54 Å². The van der Waals surface area contributed by atoms with E-state index < -0.39 is 0 Å². The highest BCUT2D eigenvalue weighted by Crippen LogP contribution is 1.96. The first-order chi connectivity index (χ1) is 7.81. The summed E-state index contributed by atoms with van der Waals surface area (Å²) in [5.41, 5.74) is 0. The topological polar surface area (TPSA) is 73.7 Å². The highest BCUT2D eigenvalue weighted by molar-refractivity contribution is 6.25. The Labute approximate surface area is 97.3 Å². The molecule has 0 saturated heterocycles. The summed E-state index contributed by atoms with van der Waals surface area (Å²) in [5, 5.41) is 16.6. The molecule has 0 rings (SSSR count). The van der Waals surface area contributed by atoms with Gasteiger partial charge in [-0.05, 0) is 25.9 Å². The van der Waals surface area contributed by atoms with Crippen LogP contribution in [0, 0.1) is 0 Å². The Hall–Kier alpha value is -1.10. The van der Waals surface area contributed by atoms with Gasteiger partial charge in [0.2, 0.25) is 0 Å². The zero-order chi connectivity index (χ0) is 12.1. The summed E-state index contributed by atoms with van der Waals surface area (Å²) in [6.07, 6.45) is 6.82. The molecule has 0 aromatic rings. The Bertz CT molecular complexity index is 196.